The monoisotopic (exact) mass is 205 g/mol. The van der Waals surface area contributed by atoms with Crippen molar-refractivity contribution in [3.8, 4) is 5.75 Å². The Morgan fingerprint density at radius 2 is 2.00 bits per heavy atom. The number of ketones is 1. The summed E-state index contributed by atoms with van der Waals surface area (Å²) in [6.45, 7) is 3.83. The smallest absolute Gasteiger partial charge is 0.296 e. The maximum absolute atomic E-state index is 11.3. The second-order valence-corrected chi connectivity index (χ2v) is 3.66. The fourth-order valence-corrected chi connectivity index (χ4v) is 1.47. The van der Waals surface area contributed by atoms with Gasteiger partial charge in [0.1, 0.15) is 5.75 Å². The molecule has 2 rings (SSSR count). The first-order valence-electron chi connectivity index (χ1n) is 4.74. The summed E-state index contributed by atoms with van der Waals surface area (Å²) >= 11 is 0. The van der Waals surface area contributed by atoms with Crippen LogP contribution in [-0.2, 0) is 4.79 Å². The van der Waals surface area contributed by atoms with E-state index in [0.29, 0.717) is 17.0 Å². The molecule has 78 valence electrons. The Bertz CT molecular complexity index is 437. The van der Waals surface area contributed by atoms with E-state index in [1.807, 2.05) is 13.8 Å². The molecule has 0 fully saturated rings. The number of hydrogen-bond acceptors (Lipinski definition) is 3. The summed E-state index contributed by atoms with van der Waals surface area (Å²) in [6, 6.07) is 4.96. The van der Waals surface area contributed by atoms with Crippen molar-refractivity contribution in [2.75, 3.05) is 5.32 Å². The molecular weight excluding hydrogens is 194 g/mol. The van der Waals surface area contributed by atoms with Gasteiger partial charge in [-0.1, -0.05) is 0 Å². The molecule has 0 saturated carbocycles. The first-order valence-corrected chi connectivity index (χ1v) is 4.74. The normalized spacial score (nSPS) is 14.1. The molecule has 0 aromatic heterocycles. The van der Waals surface area contributed by atoms with Crippen LogP contribution in [0, 0.1) is 0 Å². The van der Waals surface area contributed by atoms with E-state index in [1.165, 1.54) is 0 Å². The van der Waals surface area contributed by atoms with Gasteiger partial charge in [-0.3, -0.25) is 9.59 Å². The van der Waals surface area contributed by atoms with E-state index in [1.54, 1.807) is 18.2 Å². The number of anilines is 1. The summed E-state index contributed by atoms with van der Waals surface area (Å²) in [5.41, 5.74) is 0.944. The molecule has 0 radical (unpaired) electrons. The molecule has 1 N–H and O–H groups in total. The van der Waals surface area contributed by atoms with Gasteiger partial charge in [0.05, 0.1) is 17.4 Å². The van der Waals surface area contributed by atoms with Crippen LogP contribution in [-0.4, -0.2) is 17.8 Å². The molecule has 1 heterocycles. The average Bonchev–Trinajstić information content (AvgIpc) is 2.41. The number of benzene rings is 1. The van der Waals surface area contributed by atoms with E-state index in [2.05, 4.69) is 5.32 Å². The molecule has 1 aromatic carbocycles. The number of hydrogen-bond donors (Lipinski definition) is 1. The highest BCUT2D eigenvalue weighted by molar-refractivity contribution is 6.51. The van der Waals surface area contributed by atoms with Crippen LogP contribution in [0.3, 0.4) is 0 Å². The van der Waals surface area contributed by atoms with Crippen LogP contribution in [0.4, 0.5) is 5.69 Å². The minimum Gasteiger partial charge on any atom is -0.491 e. The van der Waals surface area contributed by atoms with Crippen LogP contribution in [0.25, 0.3) is 0 Å². The van der Waals surface area contributed by atoms with Gasteiger partial charge in [-0.15, -0.1) is 0 Å². The van der Waals surface area contributed by atoms with Crippen LogP contribution in [0.15, 0.2) is 18.2 Å². The Morgan fingerprint density at radius 3 is 2.67 bits per heavy atom. The highest BCUT2D eigenvalue weighted by Crippen LogP contribution is 2.27. The van der Waals surface area contributed by atoms with Gasteiger partial charge in [0, 0.05) is 6.07 Å². The summed E-state index contributed by atoms with van der Waals surface area (Å²) in [5, 5.41) is 2.49. The molecular formula is C11H11NO3. The number of fused-ring (bicyclic) bond motifs is 1. The molecule has 4 heteroatoms. The minimum atomic E-state index is -0.577. The van der Waals surface area contributed by atoms with Gasteiger partial charge >= 0.3 is 0 Å². The number of Topliss-reactive ketones (excluding diaryl/α,β-unsaturated/α-hetero) is 1. The summed E-state index contributed by atoms with van der Waals surface area (Å²) in [6.07, 6.45) is 0.0656. The van der Waals surface area contributed by atoms with E-state index < -0.39 is 11.7 Å². The fourth-order valence-electron chi connectivity index (χ4n) is 1.47. The predicted molar refractivity (Wildman–Crippen MR) is 55.2 cm³/mol. The number of rotatable bonds is 2. The van der Waals surface area contributed by atoms with E-state index in [0.717, 1.165) is 0 Å². The Labute approximate surface area is 87.2 Å². The zero-order valence-electron chi connectivity index (χ0n) is 8.53. The summed E-state index contributed by atoms with van der Waals surface area (Å²) < 4.78 is 5.45. The SMILES string of the molecule is CC(C)Oc1ccc2c(c1)NC(=O)C2=O. The molecule has 1 aromatic rings. The Morgan fingerprint density at radius 1 is 1.27 bits per heavy atom. The van der Waals surface area contributed by atoms with Crippen molar-refractivity contribution in [2.24, 2.45) is 0 Å². The lowest BCUT2D eigenvalue weighted by molar-refractivity contribution is -0.112. The molecule has 0 aliphatic carbocycles. The van der Waals surface area contributed by atoms with E-state index in [9.17, 15) is 9.59 Å². The summed E-state index contributed by atoms with van der Waals surface area (Å²) in [7, 11) is 0. The van der Waals surface area contributed by atoms with Crippen LogP contribution in [0.1, 0.15) is 24.2 Å². The van der Waals surface area contributed by atoms with Gasteiger partial charge in [-0.05, 0) is 26.0 Å². The Kier molecular flexibility index (Phi) is 2.19. The summed E-state index contributed by atoms with van der Waals surface area (Å²) in [4.78, 5) is 22.3. The summed E-state index contributed by atoms with van der Waals surface area (Å²) in [5.74, 6) is -0.411. The van der Waals surface area contributed by atoms with Crippen LogP contribution in [0.5, 0.6) is 5.75 Å². The standard InChI is InChI=1S/C11H11NO3/c1-6(2)15-7-3-4-8-9(5-7)12-11(14)10(8)13/h3-6H,1-2H3,(H,12,13,14). The zero-order valence-corrected chi connectivity index (χ0v) is 8.53. The van der Waals surface area contributed by atoms with Gasteiger partial charge < -0.3 is 10.1 Å². The minimum absolute atomic E-state index is 0.0656. The molecule has 4 nitrogen and oxygen atoms in total. The average molecular weight is 205 g/mol. The first-order chi connectivity index (χ1) is 7.08. The number of nitrogens with one attached hydrogen (secondary N) is 1. The van der Waals surface area contributed by atoms with Gasteiger partial charge in [0.2, 0.25) is 0 Å². The predicted octanol–water partition coefficient (Wildman–Crippen LogP) is 1.61. The second kappa shape index (κ2) is 3.38. The molecule has 0 unspecified atom stereocenters. The topological polar surface area (TPSA) is 55.4 Å². The molecule has 0 bridgehead atoms. The number of carbonyl (C=O) groups excluding carboxylic acids is 2. The third-order valence-corrected chi connectivity index (χ3v) is 2.06. The number of carbonyl (C=O) groups is 2. The maximum atomic E-state index is 11.3. The van der Waals surface area contributed by atoms with E-state index >= 15 is 0 Å². The largest absolute Gasteiger partial charge is 0.491 e. The molecule has 1 aliphatic heterocycles. The molecule has 1 aliphatic rings. The quantitative estimate of drug-likeness (QED) is 0.746. The molecule has 15 heavy (non-hydrogen) atoms. The van der Waals surface area contributed by atoms with Crippen molar-refractivity contribution < 1.29 is 14.3 Å². The van der Waals surface area contributed by atoms with Gasteiger partial charge in [-0.2, -0.15) is 0 Å². The van der Waals surface area contributed by atoms with Gasteiger partial charge in [0.15, 0.2) is 0 Å². The highest BCUT2D eigenvalue weighted by atomic mass is 16.5. The van der Waals surface area contributed by atoms with Gasteiger partial charge in [0.25, 0.3) is 11.7 Å². The van der Waals surface area contributed by atoms with Crippen molar-refractivity contribution in [1.82, 2.24) is 0 Å². The third kappa shape index (κ3) is 1.70. The molecule has 0 atom stereocenters. The third-order valence-electron chi connectivity index (χ3n) is 2.06. The van der Waals surface area contributed by atoms with Crippen molar-refractivity contribution in [3.63, 3.8) is 0 Å². The van der Waals surface area contributed by atoms with Gasteiger partial charge in [-0.25, -0.2) is 0 Å². The molecule has 1 amide bonds. The fraction of sp³-hybridized carbons (Fsp3) is 0.273. The van der Waals surface area contributed by atoms with Crippen LogP contribution >= 0.6 is 0 Å². The van der Waals surface area contributed by atoms with Crippen LogP contribution < -0.4 is 10.1 Å². The Hall–Kier alpha value is -1.84. The number of amides is 1. The maximum Gasteiger partial charge on any atom is 0.296 e. The van der Waals surface area contributed by atoms with E-state index in [-0.39, 0.29) is 6.10 Å². The Balaban J connectivity index is 2.33. The van der Waals surface area contributed by atoms with Crippen LogP contribution in [0.2, 0.25) is 0 Å². The second-order valence-electron chi connectivity index (χ2n) is 3.66. The van der Waals surface area contributed by atoms with Crippen molar-refractivity contribution in [3.05, 3.63) is 23.8 Å². The van der Waals surface area contributed by atoms with Crippen molar-refractivity contribution in [1.29, 1.82) is 0 Å². The lowest BCUT2D eigenvalue weighted by Gasteiger charge is -2.10. The van der Waals surface area contributed by atoms with Crippen molar-refractivity contribution in [2.45, 2.75) is 20.0 Å². The molecule has 0 spiro atoms. The zero-order chi connectivity index (χ0) is 11.0. The molecule has 0 saturated heterocycles. The van der Waals surface area contributed by atoms with E-state index in [4.69, 9.17) is 4.74 Å². The first kappa shape index (κ1) is 9.71. The lowest BCUT2D eigenvalue weighted by Crippen LogP contribution is -2.12. The lowest BCUT2D eigenvalue weighted by atomic mass is 10.1. The van der Waals surface area contributed by atoms with Crippen molar-refractivity contribution >= 4 is 17.4 Å². The highest BCUT2D eigenvalue weighted by Gasteiger charge is 2.27. The number of ether oxygens (including phenoxy) is 1.